The van der Waals surface area contributed by atoms with Crippen molar-refractivity contribution in [3.05, 3.63) is 0 Å². The smallest absolute Gasteiger partial charge is 0.0782 e. The molecule has 2 heteroatoms. The van der Waals surface area contributed by atoms with Crippen LogP contribution >= 0.6 is 15.9 Å². The molecule has 2 saturated carbocycles. The molecule has 2 fully saturated rings. The van der Waals surface area contributed by atoms with Gasteiger partial charge in [-0.05, 0) is 57.3 Å². The van der Waals surface area contributed by atoms with E-state index in [0.29, 0.717) is 6.10 Å². The van der Waals surface area contributed by atoms with Crippen LogP contribution in [0.2, 0.25) is 0 Å². The molecule has 1 nitrogen and oxygen atoms in total. The van der Waals surface area contributed by atoms with Crippen LogP contribution in [-0.2, 0) is 4.74 Å². The molecule has 1 unspecified atom stereocenters. The summed E-state index contributed by atoms with van der Waals surface area (Å²) in [5, 5.41) is 1.02. The second kappa shape index (κ2) is 4.75. The maximum absolute atomic E-state index is 6.35. The van der Waals surface area contributed by atoms with Crippen molar-refractivity contribution in [2.45, 2.75) is 64.1 Å². The van der Waals surface area contributed by atoms with Gasteiger partial charge >= 0.3 is 0 Å². The van der Waals surface area contributed by atoms with Crippen LogP contribution in [0.15, 0.2) is 0 Å². The summed E-state index contributed by atoms with van der Waals surface area (Å²) in [5.41, 5.74) is 0.161. The van der Waals surface area contributed by atoms with Crippen molar-refractivity contribution in [1.82, 2.24) is 0 Å². The van der Waals surface area contributed by atoms with Gasteiger partial charge in [0.2, 0.25) is 0 Å². The van der Waals surface area contributed by atoms with E-state index in [2.05, 4.69) is 29.8 Å². The molecule has 88 valence electrons. The molecule has 0 bridgehead atoms. The third-order valence-corrected chi connectivity index (χ3v) is 5.17. The van der Waals surface area contributed by atoms with Crippen LogP contribution in [0.1, 0.15) is 52.4 Å². The summed E-state index contributed by atoms with van der Waals surface area (Å²) >= 11 is 3.66. The highest BCUT2D eigenvalue weighted by Crippen LogP contribution is 2.41. The van der Waals surface area contributed by atoms with E-state index in [1.807, 2.05) is 0 Å². The summed E-state index contributed by atoms with van der Waals surface area (Å²) in [5.74, 6) is 1.76. The molecule has 0 aromatic heterocycles. The SMILES string of the molecule is CC1CCC(CBr)(OC(C)C2CC2)CC1. The lowest BCUT2D eigenvalue weighted by Crippen LogP contribution is -2.41. The Morgan fingerprint density at radius 3 is 2.33 bits per heavy atom. The summed E-state index contributed by atoms with van der Waals surface area (Å²) in [6.45, 7) is 4.63. The summed E-state index contributed by atoms with van der Waals surface area (Å²) in [6.07, 6.45) is 8.42. The Hall–Kier alpha value is 0.440. The van der Waals surface area contributed by atoms with E-state index in [4.69, 9.17) is 4.74 Å². The standard InChI is InChI=1S/C13H23BrO/c1-10-5-7-13(9-14,8-6-10)15-11(2)12-3-4-12/h10-12H,3-9H2,1-2H3. The Morgan fingerprint density at radius 2 is 1.87 bits per heavy atom. The van der Waals surface area contributed by atoms with E-state index >= 15 is 0 Å². The molecule has 2 aliphatic rings. The molecule has 2 aliphatic carbocycles. The van der Waals surface area contributed by atoms with Crippen LogP contribution < -0.4 is 0 Å². The van der Waals surface area contributed by atoms with E-state index < -0.39 is 0 Å². The predicted molar refractivity (Wildman–Crippen MR) is 67.4 cm³/mol. The minimum atomic E-state index is 0.161. The normalized spacial score (nSPS) is 39.0. The van der Waals surface area contributed by atoms with Gasteiger partial charge < -0.3 is 4.74 Å². The average molecular weight is 275 g/mol. The van der Waals surface area contributed by atoms with Crippen LogP contribution in [-0.4, -0.2) is 17.0 Å². The van der Waals surface area contributed by atoms with Gasteiger partial charge in [-0.2, -0.15) is 0 Å². The zero-order valence-electron chi connectivity index (χ0n) is 9.97. The molecule has 0 heterocycles. The molecule has 0 saturated heterocycles. The zero-order valence-corrected chi connectivity index (χ0v) is 11.6. The molecular weight excluding hydrogens is 252 g/mol. The largest absolute Gasteiger partial charge is 0.371 e. The lowest BCUT2D eigenvalue weighted by atomic mass is 9.80. The predicted octanol–water partition coefficient (Wildman–Crippen LogP) is 4.15. The van der Waals surface area contributed by atoms with E-state index in [9.17, 15) is 0 Å². The van der Waals surface area contributed by atoms with Gasteiger partial charge in [0.05, 0.1) is 11.7 Å². The fraction of sp³-hybridized carbons (Fsp3) is 1.00. The Balaban J connectivity index is 1.89. The minimum absolute atomic E-state index is 0.161. The van der Waals surface area contributed by atoms with Gasteiger partial charge in [0.25, 0.3) is 0 Å². The lowest BCUT2D eigenvalue weighted by molar-refractivity contribution is -0.104. The highest BCUT2D eigenvalue weighted by atomic mass is 79.9. The molecule has 15 heavy (non-hydrogen) atoms. The van der Waals surface area contributed by atoms with Gasteiger partial charge in [0, 0.05) is 5.33 Å². The van der Waals surface area contributed by atoms with Crippen molar-refractivity contribution in [3.8, 4) is 0 Å². The molecule has 0 N–H and O–H groups in total. The summed E-state index contributed by atoms with van der Waals surface area (Å²) in [4.78, 5) is 0. The van der Waals surface area contributed by atoms with E-state index in [1.54, 1.807) is 0 Å². The first-order chi connectivity index (χ1) is 7.15. The Labute approximate surface area is 102 Å². The van der Waals surface area contributed by atoms with Gasteiger partial charge in [-0.3, -0.25) is 0 Å². The Morgan fingerprint density at radius 1 is 1.27 bits per heavy atom. The van der Waals surface area contributed by atoms with E-state index in [0.717, 1.165) is 17.2 Å². The first-order valence-corrected chi connectivity index (χ1v) is 7.51. The molecule has 0 aromatic rings. The number of ether oxygens (including phenoxy) is 1. The molecule has 0 spiro atoms. The van der Waals surface area contributed by atoms with Crippen molar-refractivity contribution < 1.29 is 4.74 Å². The van der Waals surface area contributed by atoms with Crippen LogP contribution in [0.5, 0.6) is 0 Å². The molecule has 2 rings (SSSR count). The maximum atomic E-state index is 6.35. The number of alkyl halides is 1. The van der Waals surface area contributed by atoms with Crippen LogP contribution in [0.3, 0.4) is 0 Å². The van der Waals surface area contributed by atoms with Gasteiger partial charge in [0.15, 0.2) is 0 Å². The highest BCUT2D eigenvalue weighted by Gasteiger charge is 2.39. The fourth-order valence-electron chi connectivity index (χ4n) is 2.63. The quantitative estimate of drug-likeness (QED) is 0.700. The van der Waals surface area contributed by atoms with Crippen LogP contribution in [0.25, 0.3) is 0 Å². The summed E-state index contributed by atoms with van der Waals surface area (Å²) < 4.78 is 6.35. The van der Waals surface area contributed by atoms with Crippen molar-refractivity contribution in [1.29, 1.82) is 0 Å². The fourth-order valence-corrected chi connectivity index (χ4v) is 3.32. The maximum Gasteiger partial charge on any atom is 0.0782 e. The van der Waals surface area contributed by atoms with Crippen LogP contribution in [0, 0.1) is 11.8 Å². The molecule has 0 radical (unpaired) electrons. The number of hydrogen-bond acceptors (Lipinski definition) is 1. The topological polar surface area (TPSA) is 9.23 Å². The number of hydrogen-bond donors (Lipinski definition) is 0. The van der Waals surface area contributed by atoms with Gasteiger partial charge in [0.1, 0.15) is 0 Å². The molecule has 0 aromatic carbocycles. The third-order valence-electron chi connectivity index (χ3n) is 4.15. The summed E-state index contributed by atoms with van der Waals surface area (Å²) in [7, 11) is 0. The first kappa shape index (κ1) is 11.9. The zero-order chi connectivity index (χ0) is 10.9. The highest BCUT2D eigenvalue weighted by molar-refractivity contribution is 9.09. The van der Waals surface area contributed by atoms with Gasteiger partial charge in [-0.25, -0.2) is 0 Å². The number of halogens is 1. The van der Waals surface area contributed by atoms with Crippen LogP contribution in [0.4, 0.5) is 0 Å². The van der Waals surface area contributed by atoms with Crippen molar-refractivity contribution in [2.24, 2.45) is 11.8 Å². The van der Waals surface area contributed by atoms with Crippen molar-refractivity contribution in [2.75, 3.05) is 5.33 Å². The monoisotopic (exact) mass is 274 g/mol. The van der Waals surface area contributed by atoms with E-state index in [-0.39, 0.29) is 5.60 Å². The van der Waals surface area contributed by atoms with E-state index in [1.165, 1.54) is 38.5 Å². The molecule has 0 aliphatic heterocycles. The number of rotatable bonds is 4. The molecule has 1 atom stereocenters. The lowest BCUT2D eigenvalue weighted by Gasteiger charge is -2.40. The Kier molecular flexibility index (Phi) is 3.77. The second-order valence-corrected chi connectivity index (χ2v) is 6.22. The third kappa shape index (κ3) is 2.97. The van der Waals surface area contributed by atoms with Gasteiger partial charge in [-0.15, -0.1) is 0 Å². The Bertz CT molecular complexity index is 205. The van der Waals surface area contributed by atoms with Crippen molar-refractivity contribution in [3.63, 3.8) is 0 Å². The minimum Gasteiger partial charge on any atom is -0.371 e. The summed E-state index contributed by atoms with van der Waals surface area (Å²) in [6, 6.07) is 0. The second-order valence-electron chi connectivity index (χ2n) is 5.66. The van der Waals surface area contributed by atoms with Gasteiger partial charge in [-0.1, -0.05) is 22.9 Å². The van der Waals surface area contributed by atoms with Crippen molar-refractivity contribution >= 4 is 15.9 Å². The molecule has 0 amide bonds. The average Bonchev–Trinajstić information content (AvgIpc) is 3.05. The molecular formula is C13H23BrO. The first-order valence-electron chi connectivity index (χ1n) is 6.39.